The maximum atomic E-state index is 4.80. The molecular weight excluding hydrogens is 380 g/mol. The molecule has 1 heterocycles. The first-order valence-electron chi connectivity index (χ1n) is 11.5. The molecule has 160 valence electrons. The number of rotatable bonds is 14. The van der Waals surface area contributed by atoms with E-state index in [1.165, 1.54) is 69.4 Å². The molecule has 1 aliphatic rings. The van der Waals surface area contributed by atoms with Crippen LogP contribution in [0.25, 0.3) is 0 Å². The van der Waals surface area contributed by atoms with Crippen LogP contribution < -0.4 is 0 Å². The van der Waals surface area contributed by atoms with Crippen molar-refractivity contribution in [3.63, 3.8) is 0 Å². The molecule has 0 bridgehead atoms. The lowest BCUT2D eigenvalue weighted by molar-refractivity contribution is 0.208. The molecular formula is C24H42N2S2. The van der Waals surface area contributed by atoms with Gasteiger partial charge >= 0.3 is 0 Å². The summed E-state index contributed by atoms with van der Waals surface area (Å²) < 4.78 is 1.06. The molecule has 0 spiro atoms. The van der Waals surface area contributed by atoms with Crippen molar-refractivity contribution in [3.8, 4) is 0 Å². The molecule has 2 nitrogen and oxygen atoms in total. The highest BCUT2D eigenvalue weighted by Gasteiger charge is 2.25. The zero-order chi connectivity index (χ0) is 20.4. The molecule has 3 unspecified atom stereocenters. The van der Waals surface area contributed by atoms with Crippen molar-refractivity contribution in [2.24, 2.45) is 16.8 Å². The Balaban J connectivity index is 2.11. The third-order valence-electron chi connectivity index (χ3n) is 6.10. The zero-order valence-corrected chi connectivity index (χ0v) is 20.3. The molecule has 2 rings (SSSR count). The number of para-hydroxylation sites is 1. The van der Waals surface area contributed by atoms with Crippen LogP contribution in [-0.2, 0) is 0 Å². The van der Waals surface area contributed by atoms with E-state index in [2.05, 4.69) is 56.9 Å². The van der Waals surface area contributed by atoms with E-state index in [0.717, 1.165) is 27.8 Å². The Hall–Kier alpha value is -0.450. The van der Waals surface area contributed by atoms with Crippen molar-refractivity contribution in [1.82, 2.24) is 4.90 Å². The summed E-state index contributed by atoms with van der Waals surface area (Å²) in [5.74, 6) is 2.76. The molecule has 3 atom stereocenters. The Morgan fingerprint density at radius 1 is 0.929 bits per heavy atom. The number of thiol groups is 2. The molecule has 0 aromatic heterocycles. The molecule has 0 saturated carbocycles. The third-order valence-corrected chi connectivity index (χ3v) is 9.14. The predicted molar refractivity (Wildman–Crippen MR) is 133 cm³/mol. The number of hydrogen-bond donors (Lipinski definition) is 2. The molecule has 0 saturated heterocycles. The van der Waals surface area contributed by atoms with E-state index in [-0.39, 0.29) is 0 Å². The monoisotopic (exact) mass is 422 g/mol. The van der Waals surface area contributed by atoms with Gasteiger partial charge in [0, 0.05) is 23.9 Å². The number of hydrogen-bond acceptors (Lipinski definition) is 2. The molecule has 1 aromatic carbocycles. The minimum Gasteiger partial charge on any atom is -0.295 e. The van der Waals surface area contributed by atoms with Gasteiger partial charge in [0.05, 0.1) is 5.69 Å². The maximum Gasteiger partial charge on any atom is 0.113 e. The minimum absolute atomic E-state index is 0.418. The summed E-state index contributed by atoms with van der Waals surface area (Å²) in [5.41, 5.74) is 1.15. The average molecular weight is 423 g/mol. The highest BCUT2D eigenvalue weighted by Crippen LogP contribution is 2.50. The molecule has 1 aliphatic heterocycles. The van der Waals surface area contributed by atoms with E-state index in [1.807, 2.05) is 0 Å². The van der Waals surface area contributed by atoms with E-state index in [9.17, 15) is 0 Å². The quantitative estimate of drug-likeness (QED) is 0.232. The van der Waals surface area contributed by atoms with Gasteiger partial charge in [-0.15, -0.1) is 12.6 Å². The summed E-state index contributed by atoms with van der Waals surface area (Å²) in [6, 6.07) is 8.67. The van der Waals surface area contributed by atoms with Gasteiger partial charge < -0.3 is 0 Å². The fraction of sp³-hybridized carbons (Fsp3) is 0.708. The first-order chi connectivity index (χ1) is 13.6. The summed E-state index contributed by atoms with van der Waals surface area (Å²) in [4.78, 5) is 8.98. The van der Waals surface area contributed by atoms with E-state index in [1.54, 1.807) is 0 Å². The van der Waals surface area contributed by atoms with E-state index in [0.29, 0.717) is 0 Å². The second-order valence-electron chi connectivity index (χ2n) is 8.34. The molecule has 0 radical (unpaired) electrons. The van der Waals surface area contributed by atoms with E-state index in [4.69, 9.17) is 17.6 Å². The van der Waals surface area contributed by atoms with E-state index >= 15 is 0 Å². The average Bonchev–Trinajstić information content (AvgIpc) is 3.03. The van der Waals surface area contributed by atoms with Crippen molar-refractivity contribution >= 4 is 33.6 Å². The molecule has 0 fully saturated rings. The molecule has 4 heteroatoms. The molecule has 0 N–H and O–H groups in total. The topological polar surface area (TPSA) is 15.6 Å². The Kier molecular flexibility index (Phi) is 11.0. The van der Waals surface area contributed by atoms with Gasteiger partial charge in [0.15, 0.2) is 0 Å². The lowest BCUT2D eigenvalue weighted by atomic mass is 9.96. The summed E-state index contributed by atoms with van der Waals surface area (Å²) in [7, 11) is -0.418. The number of nitrogens with zero attached hydrogens (tertiary/aromatic N) is 2. The standard InChI is InChI=1S/C24H42N2S2/c1-5-9-13-20(7-3)17-26(18-21(8-4)14-10-6-2)19-28-23-16-12-11-15-22(23)25-24(28)27/h11-12,15-16,20-21,28H,5-10,13-14,17-19H2,1-4H3,(H,25,27). The normalized spacial score (nSPS) is 19.5. The van der Waals surface area contributed by atoms with Crippen LogP contribution in [0.15, 0.2) is 34.2 Å². The van der Waals surface area contributed by atoms with Crippen molar-refractivity contribution in [2.75, 3.05) is 19.0 Å². The van der Waals surface area contributed by atoms with Crippen molar-refractivity contribution in [1.29, 1.82) is 0 Å². The largest absolute Gasteiger partial charge is 0.295 e. The van der Waals surface area contributed by atoms with Gasteiger partial charge in [-0.2, -0.15) is 10.9 Å². The highest BCUT2D eigenvalue weighted by molar-refractivity contribution is 8.43. The highest BCUT2D eigenvalue weighted by atomic mass is 32.2. The Bertz CT molecular complexity index is 584. The fourth-order valence-corrected chi connectivity index (χ4v) is 6.80. The van der Waals surface area contributed by atoms with Gasteiger partial charge in [-0.3, -0.25) is 4.90 Å². The van der Waals surface area contributed by atoms with Crippen molar-refractivity contribution < 1.29 is 0 Å². The number of benzene rings is 1. The Labute approximate surface area is 182 Å². The van der Waals surface area contributed by atoms with Gasteiger partial charge in [-0.1, -0.05) is 78.4 Å². The smallest absolute Gasteiger partial charge is 0.113 e. The van der Waals surface area contributed by atoms with Crippen molar-refractivity contribution in [3.05, 3.63) is 24.3 Å². The van der Waals surface area contributed by atoms with Crippen LogP contribution in [0.4, 0.5) is 5.69 Å². The van der Waals surface area contributed by atoms with Gasteiger partial charge in [0.25, 0.3) is 0 Å². The van der Waals surface area contributed by atoms with E-state index < -0.39 is 10.9 Å². The SMILES string of the molecule is CCCCC(CC)CN(CC(CC)CCCC)C[SH]1C(S)=Nc2ccccc21. The lowest BCUT2D eigenvalue weighted by Gasteiger charge is -2.33. The van der Waals surface area contributed by atoms with Gasteiger partial charge in [-0.05, 0) is 36.8 Å². The summed E-state index contributed by atoms with van der Waals surface area (Å²) in [6.07, 6.45) is 10.6. The Morgan fingerprint density at radius 3 is 2.04 bits per heavy atom. The van der Waals surface area contributed by atoms with Gasteiger partial charge in [0.2, 0.25) is 0 Å². The van der Waals surface area contributed by atoms with Crippen LogP contribution >= 0.6 is 23.5 Å². The minimum atomic E-state index is -0.418. The molecule has 28 heavy (non-hydrogen) atoms. The van der Waals surface area contributed by atoms with Gasteiger partial charge in [-0.25, -0.2) is 4.99 Å². The van der Waals surface area contributed by atoms with Gasteiger partial charge in [0.1, 0.15) is 4.38 Å². The number of aliphatic imine (C=N–C) groups is 1. The summed E-state index contributed by atoms with van der Waals surface area (Å²) in [6.45, 7) is 11.8. The predicted octanol–water partition coefficient (Wildman–Crippen LogP) is 7.67. The summed E-state index contributed by atoms with van der Waals surface area (Å²) in [5, 5.41) is 0. The van der Waals surface area contributed by atoms with Crippen LogP contribution in [0.3, 0.4) is 0 Å². The third kappa shape index (κ3) is 7.11. The fourth-order valence-electron chi connectivity index (χ4n) is 4.16. The number of fused-ring (bicyclic) bond motifs is 1. The zero-order valence-electron chi connectivity index (χ0n) is 18.5. The Morgan fingerprint density at radius 2 is 1.50 bits per heavy atom. The maximum absolute atomic E-state index is 4.80. The first kappa shape index (κ1) is 23.8. The number of unbranched alkanes of at least 4 members (excludes halogenated alkanes) is 2. The van der Waals surface area contributed by atoms with Crippen LogP contribution in [0.5, 0.6) is 0 Å². The second-order valence-corrected chi connectivity index (χ2v) is 11.2. The molecule has 0 aliphatic carbocycles. The van der Waals surface area contributed by atoms with Crippen molar-refractivity contribution in [2.45, 2.75) is 84.0 Å². The van der Waals surface area contributed by atoms with Crippen LogP contribution in [0.2, 0.25) is 0 Å². The van der Waals surface area contributed by atoms with Crippen LogP contribution in [-0.4, -0.2) is 28.2 Å². The lowest BCUT2D eigenvalue weighted by Crippen LogP contribution is -2.35. The summed E-state index contributed by atoms with van der Waals surface area (Å²) >= 11 is 4.80. The molecule has 1 aromatic rings. The first-order valence-corrected chi connectivity index (χ1v) is 13.5. The molecule has 0 amide bonds. The van der Waals surface area contributed by atoms with Crippen LogP contribution in [0, 0.1) is 11.8 Å². The van der Waals surface area contributed by atoms with Crippen LogP contribution in [0.1, 0.15) is 79.1 Å². The second kappa shape index (κ2) is 13.0.